The lowest BCUT2D eigenvalue weighted by Gasteiger charge is -2.20. The van der Waals surface area contributed by atoms with Crippen LogP contribution in [0, 0.1) is 6.92 Å². The fourth-order valence-electron chi connectivity index (χ4n) is 3.52. The number of aromatic nitrogens is 6. The molecule has 0 atom stereocenters. The number of pyridine rings is 2. The molecule has 4 heterocycles. The van der Waals surface area contributed by atoms with Crippen LogP contribution in [0.5, 0.6) is 0 Å². The number of nitrogens with one attached hydrogen (secondary N) is 1. The van der Waals surface area contributed by atoms with E-state index in [1.165, 1.54) is 0 Å². The Kier molecular flexibility index (Phi) is 4.80. The van der Waals surface area contributed by atoms with E-state index >= 15 is 0 Å². The van der Waals surface area contributed by atoms with Gasteiger partial charge in [0.1, 0.15) is 0 Å². The van der Waals surface area contributed by atoms with Crippen LogP contribution < -0.4 is 5.32 Å². The third-order valence-electron chi connectivity index (χ3n) is 5.10. The molecule has 0 bridgehead atoms. The first-order valence-corrected chi connectivity index (χ1v) is 10.1. The summed E-state index contributed by atoms with van der Waals surface area (Å²) in [5.41, 5.74) is 3.49. The number of hydrogen-bond acceptors (Lipinski definition) is 5. The van der Waals surface area contributed by atoms with Gasteiger partial charge in [0.2, 0.25) is 0 Å². The van der Waals surface area contributed by atoms with Gasteiger partial charge in [0.15, 0.2) is 17.1 Å². The fourth-order valence-corrected chi connectivity index (χ4v) is 3.52. The molecular weight excluding hydrogens is 378 g/mol. The molecular formula is C22H27N7O. The van der Waals surface area contributed by atoms with Crippen molar-refractivity contribution >= 4 is 22.6 Å². The molecule has 0 saturated carbocycles. The molecule has 1 N–H and O–H groups in total. The van der Waals surface area contributed by atoms with Crippen LogP contribution in [0.25, 0.3) is 16.7 Å². The van der Waals surface area contributed by atoms with Crippen LogP contribution in [0.1, 0.15) is 68.1 Å². The first kappa shape index (κ1) is 20.0. The van der Waals surface area contributed by atoms with Crippen LogP contribution >= 0.6 is 0 Å². The SMILES string of the molecule is Cc1nn(C(C)(C)C)c2nc(C(C)C)cc(C(=O)NCc3nnc4ccccn34)c12. The summed E-state index contributed by atoms with van der Waals surface area (Å²) in [6.45, 7) is 12.6. The molecule has 0 aliphatic heterocycles. The van der Waals surface area contributed by atoms with Crippen molar-refractivity contribution < 1.29 is 4.79 Å². The average Bonchev–Trinajstić information content (AvgIpc) is 3.26. The van der Waals surface area contributed by atoms with E-state index in [0.717, 1.165) is 28.1 Å². The maximum Gasteiger partial charge on any atom is 0.252 e. The minimum absolute atomic E-state index is 0.173. The molecule has 4 aromatic heterocycles. The molecule has 8 nitrogen and oxygen atoms in total. The van der Waals surface area contributed by atoms with Crippen LogP contribution in [0.15, 0.2) is 30.5 Å². The van der Waals surface area contributed by atoms with Gasteiger partial charge in [0.25, 0.3) is 5.91 Å². The topological polar surface area (TPSA) is 90.0 Å². The number of carbonyl (C=O) groups is 1. The molecule has 1 amide bonds. The number of nitrogens with zero attached hydrogens (tertiary/aromatic N) is 6. The Morgan fingerprint density at radius 3 is 2.67 bits per heavy atom. The molecule has 0 aliphatic carbocycles. The van der Waals surface area contributed by atoms with E-state index in [-0.39, 0.29) is 23.9 Å². The molecule has 30 heavy (non-hydrogen) atoms. The van der Waals surface area contributed by atoms with Crippen molar-refractivity contribution in [1.82, 2.24) is 34.7 Å². The van der Waals surface area contributed by atoms with Crippen molar-refractivity contribution in [2.75, 3.05) is 0 Å². The van der Waals surface area contributed by atoms with E-state index in [2.05, 4.69) is 50.1 Å². The molecule has 0 aliphatic rings. The van der Waals surface area contributed by atoms with E-state index in [1.54, 1.807) is 0 Å². The van der Waals surface area contributed by atoms with Crippen LogP contribution in [0.4, 0.5) is 0 Å². The van der Waals surface area contributed by atoms with Gasteiger partial charge in [-0.15, -0.1) is 10.2 Å². The monoisotopic (exact) mass is 405 g/mol. The van der Waals surface area contributed by atoms with Crippen molar-refractivity contribution in [2.24, 2.45) is 0 Å². The predicted molar refractivity (Wildman–Crippen MR) is 116 cm³/mol. The van der Waals surface area contributed by atoms with Gasteiger partial charge in [-0.2, -0.15) is 5.10 Å². The number of aryl methyl sites for hydroxylation is 1. The van der Waals surface area contributed by atoms with Gasteiger partial charge < -0.3 is 5.32 Å². The van der Waals surface area contributed by atoms with Crippen molar-refractivity contribution in [3.63, 3.8) is 0 Å². The van der Waals surface area contributed by atoms with Crippen LogP contribution in [-0.4, -0.2) is 35.3 Å². The molecule has 0 fully saturated rings. The summed E-state index contributed by atoms with van der Waals surface area (Å²) < 4.78 is 3.78. The summed E-state index contributed by atoms with van der Waals surface area (Å²) in [7, 11) is 0. The van der Waals surface area contributed by atoms with Crippen LogP contribution in [0.3, 0.4) is 0 Å². The normalized spacial score (nSPS) is 12.2. The van der Waals surface area contributed by atoms with Crippen molar-refractivity contribution in [1.29, 1.82) is 0 Å². The van der Waals surface area contributed by atoms with Gasteiger partial charge in [-0.05, 0) is 51.8 Å². The Morgan fingerprint density at radius 2 is 1.97 bits per heavy atom. The Morgan fingerprint density at radius 1 is 1.20 bits per heavy atom. The minimum atomic E-state index is -0.247. The van der Waals surface area contributed by atoms with Crippen LogP contribution in [-0.2, 0) is 12.1 Å². The zero-order chi connectivity index (χ0) is 21.6. The second-order valence-corrected chi connectivity index (χ2v) is 8.84. The Balaban J connectivity index is 1.75. The number of rotatable bonds is 4. The molecule has 4 rings (SSSR count). The van der Waals surface area contributed by atoms with Crippen molar-refractivity contribution in [3.05, 3.63) is 53.2 Å². The molecule has 0 spiro atoms. The fraction of sp³-hybridized carbons (Fsp3) is 0.409. The molecule has 0 radical (unpaired) electrons. The predicted octanol–water partition coefficient (Wildman–Crippen LogP) is 3.59. The largest absolute Gasteiger partial charge is 0.345 e. The van der Waals surface area contributed by atoms with Gasteiger partial charge >= 0.3 is 0 Å². The first-order valence-electron chi connectivity index (χ1n) is 10.1. The third kappa shape index (κ3) is 3.42. The number of fused-ring (bicyclic) bond motifs is 2. The number of amides is 1. The lowest BCUT2D eigenvalue weighted by molar-refractivity contribution is 0.0951. The Labute approximate surface area is 175 Å². The van der Waals surface area contributed by atoms with Gasteiger partial charge in [-0.1, -0.05) is 19.9 Å². The van der Waals surface area contributed by atoms with E-state index in [0.29, 0.717) is 11.4 Å². The summed E-state index contributed by atoms with van der Waals surface area (Å²) >= 11 is 0. The standard InChI is InChI=1S/C22H27N7O/c1-13(2)16-11-15(19-14(3)27-29(20(19)24-16)22(4,5)6)21(30)23-12-18-26-25-17-9-7-8-10-28(17)18/h7-11,13H,12H2,1-6H3,(H,23,30). The number of hydrogen-bond donors (Lipinski definition) is 1. The summed E-state index contributed by atoms with van der Waals surface area (Å²) in [5, 5.41) is 16.8. The highest BCUT2D eigenvalue weighted by molar-refractivity contribution is 6.06. The molecule has 0 saturated heterocycles. The van der Waals surface area contributed by atoms with Gasteiger partial charge in [0, 0.05) is 11.9 Å². The zero-order valence-electron chi connectivity index (χ0n) is 18.3. The molecule has 0 unspecified atom stereocenters. The van der Waals surface area contributed by atoms with Crippen molar-refractivity contribution in [2.45, 2.75) is 59.5 Å². The van der Waals surface area contributed by atoms with Gasteiger partial charge in [-0.25, -0.2) is 9.67 Å². The lowest BCUT2D eigenvalue weighted by Crippen LogP contribution is -2.25. The van der Waals surface area contributed by atoms with Crippen molar-refractivity contribution in [3.8, 4) is 0 Å². The second kappa shape index (κ2) is 7.19. The number of carbonyl (C=O) groups excluding carboxylic acids is 1. The van der Waals surface area contributed by atoms with E-state index in [1.807, 2.05) is 46.5 Å². The highest BCUT2D eigenvalue weighted by Gasteiger charge is 2.25. The minimum Gasteiger partial charge on any atom is -0.345 e. The molecule has 8 heteroatoms. The summed E-state index contributed by atoms with van der Waals surface area (Å²) in [5.74, 6) is 0.689. The summed E-state index contributed by atoms with van der Waals surface area (Å²) in [6.07, 6.45) is 1.88. The quantitative estimate of drug-likeness (QED) is 0.560. The smallest absolute Gasteiger partial charge is 0.252 e. The van der Waals surface area contributed by atoms with Crippen LogP contribution in [0.2, 0.25) is 0 Å². The maximum absolute atomic E-state index is 13.2. The molecule has 4 aromatic rings. The lowest BCUT2D eigenvalue weighted by atomic mass is 10.0. The maximum atomic E-state index is 13.2. The molecule has 156 valence electrons. The van der Waals surface area contributed by atoms with E-state index in [4.69, 9.17) is 10.1 Å². The second-order valence-electron chi connectivity index (χ2n) is 8.84. The third-order valence-corrected chi connectivity index (χ3v) is 5.10. The summed E-state index contributed by atoms with van der Waals surface area (Å²) in [4.78, 5) is 18.1. The highest BCUT2D eigenvalue weighted by atomic mass is 16.1. The van der Waals surface area contributed by atoms with Gasteiger partial charge in [-0.3, -0.25) is 9.20 Å². The first-order chi connectivity index (χ1) is 14.2. The van der Waals surface area contributed by atoms with E-state index in [9.17, 15) is 4.79 Å². The van der Waals surface area contributed by atoms with Gasteiger partial charge in [0.05, 0.1) is 28.7 Å². The highest BCUT2D eigenvalue weighted by Crippen LogP contribution is 2.28. The Bertz CT molecular complexity index is 1240. The molecule has 0 aromatic carbocycles. The average molecular weight is 406 g/mol. The summed E-state index contributed by atoms with van der Waals surface area (Å²) in [6, 6.07) is 7.58. The Hall–Kier alpha value is -3.29. The zero-order valence-corrected chi connectivity index (χ0v) is 18.3. The van der Waals surface area contributed by atoms with E-state index < -0.39 is 0 Å².